The molecule has 1 aliphatic rings. The lowest BCUT2D eigenvalue weighted by molar-refractivity contribution is 0.780. The summed E-state index contributed by atoms with van der Waals surface area (Å²) in [5.74, 6) is 0.389. The number of para-hydroxylation sites is 1. The van der Waals surface area contributed by atoms with Crippen LogP contribution in [-0.4, -0.2) is 6.54 Å². The Morgan fingerprint density at radius 2 is 2.46 bits per heavy atom. The standard InChI is InChI=1S/C11H12N2/c1-8-3-2-4-10-9(5-6-12)7-13-11(8)10/h2-4,9,13H,5,7H2,1H3. The van der Waals surface area contributed by atoms with Crippen LogP contribution in [-0.2, 0) is 0 Å². The van der Waals surface area contributed by atoms with Gasteiger partial charge < -0.3 is 5.32 Å². The number of aryl methyl sites for hydroxylation is 1. The Hall–Kier alpha value is -1.49. The molecule has 0 bridgehead atoms. The minimum atomic E-state index is 0.389. The Morgan fingerprint density at radius 1 is 1.62 bits per heavy atom. The van der Waals surface area contributed by atoms with Crippen LogP contribution in [0.2, 0.25) is 0 Å². The predicted octanol–water partition coefficient (Wildman–Crippen LogP) is 2.42. The van der Waals surface area contributed by atoms with E-state index in [1.165, 1.54) is 16.8 Å². The van der Waals surface area contributed by atoms with Crippen molar-refractivity contribution in [3.05, 3.63) is 29.3 Å². The Kier molecular flexibility index (Phi) is 1.94. The molecule has 0 aromatic heterocycles. The summed E-state index contributed by atoms with van der Waals surface area (Å²) in [4.78, 5) is 0. The lowest BCUT2D eigenvalue weighted by Crippen LogP contribution is -2.00. The Labute approximate surface area is 78.2 Å². The number of hydrogen-bond donors (Lipinski definition) is 1. The van der Waals surface area contributed by atoms with Gasteiger partial charge in [-0.3, -0.25) is 0 Å². The summed E-state index contributed by atoms with van der Waals surface area (Å²) in [5, 5.41) is 12.0. The van der Waals surface area contributed by atoms with E-state index in [0.29, 0.717) is 12.3 Å². The van der Waals surface area contributed by atoms with Gasteiger partial charge in [-0.05, 0) is 18.1 Å². The Bertz CT molecular complexity index is 363. The summed E-state index contributed by atoms with van der Waals surface area (Å²) >= 11 is 0. The van der Waals surface area contributed by atoms with Gasteiger partial charge in [0, 0.05) is 24.6 Å². The van der Waals surface area contributed by atoms with Gasteiger partial charge in [0.25, 0.3) is 0 Å². The summed E-state index contributed by atoms with van der Waals surface area (Å²) in [7, 11) is 0. The smallest absolute Gasteiger partial charge is 0.0628 e. The highest BCUT2D eigenvalue weighted by Gasteiger charge is 2.22. The summed E-state index contributed by atoms with van der Waals surface area (Å²) in [6, 6.07) is 8.50. The summed E-state index contributed by atoms with van der Waals surface area (Å²) in [6.45, 7) is 3.01. The molecule has 0 aliphatic carbocycles. The van der Waals surface area contributed by atoms with E-state index in [2.05, 4.69) is 36.5 Å². The van der Waals surface area contributed by atoms with Crippen LogP contribution in [0.4, 0.5) is 5.69 Å². The number of nitriles is 1. The molecule has 0 radical (unpaired) electrons. The van der Waals surface area contributed by atoms with Crippen molar-refractivity contribution in [3.8, 4) is 6.07 Å². The van der Waals surface area contributed by atoms with Crippen molar-refractivity contribution in [3.63, 3.8) is 0 Å². The lowest BCUT2D eigenvalue weighted by Gasteiger charge is -2.05. The second-order valence-corrected chi connectivity index (χ2v) is 3.48. The number of benzene rings is 1. The molecule has 1 aliphatic heterocycles. The molecule has 2 heteroatoms. The van der Waals surface area contributed by atoms with Crippen LogP contribution in [0.1, 0.15) is 23.5 Å². The molecule has 1 aromatic carbocycles. The molecule has 0 saturated heterocycles. The summed E-state index contributed by atoms with van der Waals surface area (Å²) in [6.07, 6.45) is 0.615. The van der Waals surface area contributed by atoms with E-state index in [-0.39, 0.29) is 0 Å². The van der Waals surface area contributed by atoms with E-state index in [1.54, 1.807) is 0 Å². The van der Waals surface area contributed by atoms with Crippen molar-refractivity contribution in [2.24, 2.45) is 0 Å². The zero-order chi connectivity index (χ0) is 9.26. The molecular formula is C11H12N2. The van der Waals surface area contributed by atoms with Gasteiger partial charge in [-0.1, -0.05) is 18.2 Å². The quantitative estimate of drug-likeness (QED) is 0.706. The van der Waals surface area contributed by atoms with Gasteiger partial charge in [-0.2, -0.15) is 5.26 Å². The Morgan fingerprint density at radius 3 is 3.23 bits per heavy atom. The number of nitrogens with one attached hydrogen (secondary N) is 1. The minimum absolute atomic E-state index is 0.389. The molecule has 1 unspecified atom stereocenters. The first-order valence-electron chi connectivity index (χ1n) is 4.53. The molecule has 1 atom stereocenters. The molecule has 0 amide bonds. The minimum Gasteiger partial charge on any atom is -0.384 e. The van der Waals surface area contributed by atoms with Crippen molar-refractivity contribution < 1.29 is 0 Å². The number of anilines is 1. The number of hydrogen-bond acceptors (Lipinski definition) is 2. The van der Waals surface area contributed by atoms with Crippen molar-refractivity contribution in [2.75, 3.05) is 11.9 Å². The van der Waals surface area contributed by atoms with E-state index in [9.17, 15) is 0 Å². The van der Waals surface area contributed by atoms with Gasteiger partial charge in [-0.15, -0.1) is 0 Å². The maximum atomic E-state index is 8.64. The molecule has 0 spiro atoms. The molecule has 2 nitrogen and oxygen atoms in total. The fourth-order valence-corrected chi connectivity index (χ4v) is 1.90. The molecule has 0 fully saturated rings. The highest BCUT2D eigenvalue weighted by molar-refractivity contribution is 5.62. The molecule has 13 heavy (non-hydrogen) atoms. The first kappa shape index (κ1) is 8.12. The van der Waals surface area contributed by atoms with Crippen LogP contribution in [0.5, 0.6) is 0 Å². The third-order valence-electron chi connectivity index (χ3n) is 2.61. The molecule has 2 rings (SSSR count). The topological polar surface area (TPSA) is 35.8 Å². The third-order valence-corrected chi connectivity index (χ3v) is 2.61. The molecule has 1 aromatic rings. The highest BCUT2D eigenvalue weighted by atomic mass is 14.9. The van der Waals surface area contributed by atoms with Crippen LogP contribution >= 0.6 is 0 Å². The molecule has 66 valence electrons. The first-order chi connectivity index (χ1) is 6.33. The summed E-state index contributed by atoms with van der Waals surface area (Å²) < 4.78 is 0. The SMILES string of the molecule is Cc1cccc2c1NCC2CC#N. The predicted molar refractivity (Wildman–Crippen MR) is 52.6 cm³/mol. The monoisotopic (exact) mass is 172 g/mol. The van der Waals surface area contributed by atoms with Gasteiger partial charge in [0.15, 0.2) is 0 Å². The fourth-order valence-electron chi connectivity index (χ4n) is 1.90. The second kappa shape index (κ2) is 3.10. The van der Waals surface area contributed by atoms with Crippen LogP contribution in [0.25, 0.3) is 0 Å². The normalized spacial score (nSPS) is 18.9. The van der Waals surface area contributed by atoms with Crippen molar-refractivity contribution in [2.45, 2.75) is 19.3 Å². The lowest BCUT2D eigenvalue weighted by atomic mass is 9.97. The van der Waals surface area contributed by atoms with Crippen molar-refractivity contribution >= 4 is 5.69 Å². The Balaban J connectivity index is 2.39. The highest BCUT2D eigenvalue weighted by Crippen LogP contribution is 2.35. The van der Waals surface area contributed by atoms with Crippen LogP contribution < -0.4 is 5.32 Å². The zero-order valence-electron chi connectivity index (χ0n) is 7.67. The van der Waals surface area contributed by atoms with E-state index in [0.717, 1.165) is 6.54 Å². The fraction of sp³-hybridized carbons (Fsp3) is 0.364. The maximum absolute atomic E-state index is 8.64. The van der Waals surface area contributed by atoms with E-state index in [1.807, 2.05) is 0 Å². The maximum Gasteiger partial charge on any atom is 0.0628 e. The zero-order valence-corrected chi connectivity index (χ0v) is 7.67. The number of fused-ring (bicyclic) bond motifs is 1. The van der Waals surface area contributed by atoms with Crippen molar-refractivity contribution in [1.29, 1.82) is 5.26 Å². The molecule has 1 N–H and O–H groups in total. The van der Waals surface area contributed by atoms with Gasteiger partial charge in [0.05, 0.1) is 6.07 Å². The summed E-state index contributed by atoms with van der Waals surface area (Å²) in [5.41, 5.74) is 3.82. The van der Waals surface area contributed by atoms with E-state index >= 15 is 0 Å². The number of rotatable bonds is 1. The molecule has 0 saturated carbocycles. The van der Waals surface area contributed by atoms with Gasteiger partial charge >= 0.3 is 0 Å². The van der Waals surface area contributed by atoms with Gasteiger partial charge in [0.2, 0.25) is 0 Å². The molecule has 1 heterocycles. The molecular weight excluding hydrogens is 160 g/mol. The average Bonchev–Trinajstić information content (AvgIpc) is 2.51. The largest absolute Gasteiger partial charge is 0.384 e. The van der Waals surface area contributed by atoms with E-state index in [4.69, 9.17) is 5.26 Å². The van der Waals surface area contributed by atoms with E-state index < -0.39 is 0 Å². The van der Waals surface area contributed by atoms with Crippen LogP contribution in [0.15, 0.2) is 18.2 Å². The van der Waals surface area contributed by atoms with Crippen molar-refractivity contribution in [1.82, 2.24) is 0 Å². The van der Waals surface area contributed by atoms with Crippen LogP contribution in [0.3, 0.4) is 0 Å². The van der Waals surface area contributed by atoms with Crippen LogP contribution in [0, 0.1) is 18.3 Å². The second-order valence-electron chi connectivity index (χ2n) is 3.48. The van der Waals surface area contributed by atoms with Gasteiger partial charge in [0.1, 0.15) is 0 Å². The average molecular weight is 172 g/mol. The number of nitrogens with zero attached hydrogens (tertiary/aromatic N) is 1. The van der Waals surface area contributed by atoms with Gasteiger partial charge in [-0.25, -0.2) is 0 Å². The first-order valence-corrected chi connectivity index (χ1v) is 4.53. The third kappa shape index (κ3) is 1.27.